The zero-order valence-corrected chi connectivity index (χ0v) is 17.3. The van der Waals surface area contributed by atoms with E-state index >= 15 is 0 Å². The van der Waals surface area contributed by atoms with Crippen molar-refractivity contribution in [1.29, 1.82) is 5.26 Å². The van der Waals surface area contributed by atoms with Gasteiger partial charge in [0, 0.05) is 44.2 Å². The molecular weight excluding hydrogens is 403 g/mol. The van der Waals surface area contributed by atoms with Crippen LogP contribution in [0, 0.1) is 17.2 Å². The fourth-order valence-electron chi connectivity index (χ4n) is 4.64. The van der Waals surface area contributed by atoms with Crippen LogP contribution in [0.25, 0.3) is 0 Å². The number of alkyl halides is 3. The molecule has 2 aliphatic heterocycles. The number of hydrogen-bond donors (Lipinski definition) is 1. The van der Waals surface area contributed by atoms with Gasteiger partial charge in [-0.2, -0.15) is 18.4 Å². The van der Waals surface area contributed by atoms with Gasteiger partial charge in [0.15, 0.2) is 0 Å². The molecule has 0 aliphatic carbocycles. The molecule has 0 radical (unpaired) electrons. The van der Waals surface area contributed by atoms with Crippen molar-refractivity contribution < 1.29 is 18.3 Å². The van der Waals surface area contributed by atoms with Gasteiger partial charge in [0.2, 0.25) is 0 Å². The number of piperidine rings is 1. The van der Waals surface area contributed by atoms with E-state index in [-0.39, 0.29) is 12.2 Å². The van der Waals surface area contributed by atoms with Crippen LogP contribution in [0.5, 0.6) is 0 Å². The van der Waals surface area contributed by atoms with E-state index in [0.29, 0.717) is 30.6 Å². The van der Waals surface area contributed by atoms with Crippen molar-refractivity contribution in [3.05, 3.63) is 59.2 Å². The highest BCUT2D eigenvalue weighted by molar-refractivity contribution is 5.55. The van der Waals surface area contributed by atoms with E-state index in [1.807, 2.05) is 4.90 Å². The Bertz CT molecular complexity index is 938. The Hall–Kier alpha value is -2.72. The summed E-state index contributed by atoms with van der Waals surface area (Å²) in [6.45, 7) is 3.59. The van der Waals surface area contributed by atoms with Crippen LogP contribution in [0.4, 0.5) is 24.5 Å². The van der Waals surface area contributed by atoms with Gasteiger partial charge in [0.05, 0.1) is 17.2 Å². The van der Waals surface area contributed by atoms with Gasteiger partial charge in [-0.25, -0.2) is 0 Å². The monoisotopic (exact) mass is 429 g/mol. The van der Waals surface area contributed by atoms with Crippen molar-refractivity contribution in [3.8, 4) is 6.07 Å². The molecule has 0 spiro atoms. The molecule has 0 unspecified atom stereocenters. The highest BCUT2D eigenvalue weighted by Gasteiger charge is 2.34. The second kappa shape index (κ2) is 8.80. The molecule has 2 aromatic rings. The molecule has 1 N–H and O–H groups in total. The maximum absolute atomic E-state index is 13.3. The van der Waals surface area contributed by atoms with Crippen LogP contribution in [0.2, 0.25) is 0 Å². The minimum atomic E-state index is -4.53. The molecule has 164 valence electrons. The summed E-state index contributed by atoms with van der Waals surface area (Å²) in [6.07, 6.45) is -1.92. The molecule has 0 bridgehead atoms. The largest absolute Gasteiger partial charge is 0.417 e. The lowest BCUT2D eigenvalue weighted by Gasteiger charge is -2.41. The highest BCUT2D eigenvalue weighted by Crippen LogP contribution is 2.37. The molecule has 4 nitrogen and oxygen atoms in total. The van der Waals surface area contributed by atoms with Crippen LogP contribution >= 0.6 is 0 Å². The van der Waals surface area contributed by atoms with Crippen molar-refractivity contribution in [2.45, 2.75) is 31.4 Å². The third-order valence-electron chi connectivity index (χ3n) is 6.51. The minimum Gasteiger partial charge on any atom is -0.396 e. The first-order valence-corrected chi connectivity index (χ1v) is 10.7. The predicted molar refractivity (Wildman–Crippen MR) is 114 cm³/mol. The fraction of sp³-hybridized carbons (Fsp3) is 0.458. The number of rotatable bonds is 5. The number of nitrogens with zero attached hydrogens (tertiary/aromatic N) is 3. The summed E-state index contributed by atoms with van der Waals surface area (Å²) in [5, 5.41) is 18.0. The summed E-state index contributed by atoms with van der Waals surface area (Å²) >= 11 is 0. The lowest BCUT2D eigenvalue weighted by molar-refractivity contribution is -0.137. The van der Waals surface area contributed by atoms with E-state index < -0.39 is 11.7 Å². The number of halogens is 3. The van der Waals surface area contributed by atoms with Crippen molar-refractivity contribution >= 4 is 11.4 Å². The first kappa shape index (κ1) is 21.5. The van der Waals surface area contributed by atoms with Gasteiger partial charge >= 0.3 is 6.18 Å². The second-order valence-electron chi connectivity index (χ2n) is 8.48. The average molecular weight is 429 g/mol. The topological polar surface area (TPSA) is 50.5 Å². The Morgan fingerprint density at radius 2 is 1.61 bits per heavy atom. The molecule has 7 heteroatoms. The summed E-state index contributed by atoms with van der Waals surface area (Å²) in [4.78, 5) is 4.29. The normalized spacial score (nSPS) is 18.0. The lowest BCUT2D eigenvalue weighted by Crippen LogP contribution is -2.47. The lowest BCUT2D eigenvalue weighted by atomic mass is 9.88. The third kappa shape index (κ3) is 4.64. The molecular formula is C24H26F3N3O. The number of aliphatic hydroxyl groups is 1. The van der Waals surface area contributed by atoms with Gasteiger partial charge in [0.1, 0.15) is 0 Å². The molecule has 2 aromatic carbocycles. The quantitative estimate of drug-likeness (QED) is 0.743. The van der Waals surface area contributed by atoms with Crippen molar-refractivity contribution in [2.24, 2.45) is 5.92 Å². The van der Waals surface area contributed by atoms with E-state index in [4.69, 9.17) is 10.4 Å². The number of hydrogen-bond acceptors (Lipinski definition) is 4. The molecule has 0 aromatic heterocycles. The van der Waals surface area contributed by atoms with Crippen molar-refractivity contribution in [2.75, 3.05) is 42.6 Å². The molecule has 2 saturated heterocycles. The van der Waals surface area contributed by atoms with Gasteiger partial charge in [-0.1, -0.05) is 12.1 Å². The molecule has 4 rings (SSSR count). The molecule has 0 atom stereocenters. The summed E-state index contributed by atoms with van der Waals surface area (Å²) in [7, 11) is 0. The fourth-order valence-corrected chi connectivity index (χ4v) is 4.64. The number of anilines is 2. The number of aliphatic hydroxyl groups excluding tert-OH is 1. The summed E-state index contributed by atoms with van der Waals surface area (Å²) in [5.41, 5.74) is 1.79. The van der Waals surface area contributed by atoms with Gasteiger partial charge in [-0.15, -0.1) is 0 Å². The average Bonchev–Trinajstić information content (AvgIpc) is 2.75. The zero-order valence-electron chi connectivity index (χ0n) is 17.3. The van der Waals surface area contributed by atoms with E-state index in [1.54, 1.807) is 12.1 Å². The van der Waals surface area contributed by atoms with E-state index in [9.17, 15) is 13.2 Å². The Labute approximate surface area is 180 Å². The van der Waals surface area contributed by atoms with Gasteiger partial charge in [-0.05, 0) is 67.0 Å². The van der Waals surface area contributed by atoms with Crippen LogP contribution in [-0.2, 0) is 6.18 Å². The van der Waals surface area contributed by atoms with E-state index in [1.165, 1.54) is 17.3 Å². The first-order valence-electron chi connectivity index (χ1n) is 10.7. The van der Waals surface area contributed by atoms with E-state index in [0.717, 1.165) is 38.4 Å². The zero-order chi connectivity index (χ0) is 22.0. The molecule has 2 fully saturated rings. The van der Waals surface area contributed by atoms with Gasteiger partial charge in [-0.3, -0.25) is 0 Å². The van der Waals surface area contributed by atoms with Crippen LogP contribution < -0.4 is 9.80 Å². The smallest absolute Gasteiger partial charge is 0.396 e. The molecule has 0 saturated carbocycles. The predicted octanol–water partition coefficient (Wildman–Crippen LogP) is 4.78. The maximum Gasteiger partial charge on any atom is 0.417 e. The first-order chi connectivity index (χ1) is 14.9. The van der Waals surface area contributed by atoms with Crippen molar-refractivity contribution in [3.63, 3.8) is 0 Å². The Morgan fingerprint density at radius 1 is 0.968 bits per heavy atom. The minimum absolute atomic E-state index is 0.246. The maximum atomic E-state index is 13.3. The van der Waals surface area contributed by atoms with Gasteiger partial charge in [0.25, 0.3) is 0 Å². The highest BCUT2D eigenvalue weighted by atomic mass is 19.4. The Morgan fingerprint density at radius 3 is 2.19 bits per heavy atom. The molecule has 2 aliphatic rings. The van der Waals surface area contributed by atoms with E-state index in [2.05, 4.69) is 29.2 Å². The second-order valence-corrected chi connectivity index (χ2v) is 8.48. The summed E-state index contributed by atoms with van der Waals surface area (Å²) in [6, 6.07) is 14.2. The Balaban J connectivity index is 1.37. The van der Waals surface area contributed by atoms with Crippen LogP contribution in [0.3, 0.4) is 0 Å². The van der Waals surface area contributed by atoms with Crippen molar-refractivity contribution in [1.82, 2.24) is 0 Å². The molecule has 31 heavy (non-hydrogen) atoms. The van der Waals surface area contributed by atoms with Crippen LogP contribution in [0.1, 0.15) is 41.9 Å². The Kier molecular flexibility index (Phi) is 6.10. The van der Waals surface area contributed by atoms with Gasteiger partial charge < -0.3 is 14.9 Å². The number of benzene rings is 2. The molecule has 0 amide bonds. The number of nitriles is 1. The third-order valence-corrected chi connectivity index (χ3v) is 6.51. The van der Waals surface area contributed by atoms with Crippen LogP contribution in [0.15, 0.2) is 42.5 Å². The summed E-state index contributed by atoms with van der Waals surface area (Å²) in [5.74, 6) is 0.971. The standard InChI is InChI=1S/C24H26F3N3O/c25-24(26,27)23-13-22(6-3-20(23)14-28)29-10-7-19(8-11-29)18-1-4-21(5-2-18)30-15-17(16-30)9-12-31/h1-6,13,17,19,31H,7-12,15-16H2. The molecule has 2 heterocycles. The summed E-state index contributed by atoms with van der Waals surface area (Å²) < 4.78 is 39.8. The SMILES string of the molecule is N#Cc1ccc(N2CCC(c3ccc(N4CC(CCO)C4)cc3)CC2)cc1C(F)(F)F. The van der Waals surface area contributed by atoms with Crippen LogP contribution in [-0.4, -0.2) is 37.9 Å².